The third kappa shape index (κ3) is 3.37. The fourth-order valence-corrected chi connectivity index (χ4v) is 1.70. The molecule has 0 fully saturated rings. The summed E-state index contributed by atoms with van der Waals surface area (Å²) in [5.41, 5.74) is 5.88. The Morgan fingerprint density at radius 1 is 1.62 bits per heavy atom. The number of carbonyl (C=O) groups excluding carboxylic acids is 1. The van der Waals surface area contributed by atoms with Crippen LogP contribution in [-0.4, -0.2) is 27.8 Å². The summed E-state index contributed by atoms with van der Waals surface area (Å²) in [6.07, 6.45) is 1.41. The van der Waals surface area contributed by atoms with Crippen molar-refractivity contribution in [3.8, 4) is 0 Å². The molecule has 1 aromatic rings. The minimum atomic E-state index is -0.485. The van der Waals surface area contributed by atoms with Crippen LogP contribution in [0.1, 0.15) is 31.1 Å². The molecule has 1 rings (SSSR count). The predicted molar refractivity (Wildman–Crippen MR) is 63.4 cm³/mol. The predicted octanol–water partition coefficient (Wildman–Crippen LogP) is 1.74. The van der Waals surface area contributed by atoms with Gasteiger partial charge in [0.25, 0.3) is 0 Å². The Hall–Kier alpha value is -1.30. The van der Waals surface area contributed by atoms with Crippen molar-refractivity contribution in [3.63, 3.8) is 0 Å². The molecule has 0 aromatic carbocycles. The highest BCUT2D eigenvalue weighted by Crippen LogP contribution is 2.20. The van der Waals surface area contributed by atoms with E-state index in [4.69, 9.17) is 10.5 Å². The summed E-state index contributed by atoms with van der Waals surface area (Å²) in [7, 11) is 0. The van der Waals surface area contributed by atoms with Gasteiger partial charge in [0.1, 0.15) is 11.4 Å². The van der Waals surface area contributed by atoms with Crippen LogP contribution < -0.4 is 5.73 Å². The number of nitrogens with two attached hydrogens (primary N) is 1. The average molecular weight is 241 g/mol. The van der Waals surface area contributed by atoms with E-state index in [1.165, 1.54) is 18.0 Å². The Kier molecular flexibility index (Phi) is 4.54. The second-order valence-corrected chi connectivity index (χ2v) is 4.88. The molecule has 0 amide bonds. The number of rotatable bonds is 4. The summed E-state index contributed by atoms with van der Waals surface area (Å²) in [6.45, 7) is 6.10. The van der Waals surface area contributed by atoms with Gasteiger partial charge in [0.05, 0.1) is 6.61 Å². The lowest BCUT2D eigenvalue weighted by Crippen LogP contribution is -2.10. The van der Waals surface area contributed by atoms with Gasteiger partial charge in [-0.3, -0.25) is 0 Å². The van der Waals surface area contributed by atoms with Crippen LogP contribution in [0, 0.1) is 0 Å². The lowest BCUT2D eigenvalue weighted by Gasteiger charge is -2.06. The summed E-state index contributed by atoms with van der Waals surface area (Å²) in [6, 6.07) is 0. The lowest BCUT2D eigenvalue weighted by atomic mass is 10.3. The number of carbonyl (C=O) groups is 1. The second-order valence-electron chi connectivity index (χ2n) is 3.34. The Morgan fingerprint density at radius 3 is 2.81 bits per heavy atom. The Labute approximate surface area is 98.8 Å². The van der Waals surface area contributed by atoms with E-state index in [1.54, 1.807) is 6.92 Å². The van der Waals surface area contributed by atoms with Crippen LogP contribution in [0.4, 0.5) is 5.82 Å². The zero-order chi connectivity index (χ0) is 12.1. The van der Waals surface area contributed by atoms with E-state index in [9.17, 15) is 4.79 Å². The van der Waals surface area contributed by atoms with Crippen LogP contribution >= 0.6 is 11.8 Å². The maximum atomic E-state index is 11.4. The number of nitrogens with zero attached hydrogens (tertiary/aromatic N) is 2. The molecule has 88 valence electrons. The molecule has 1 aromatic heterocycles. The van der Waals surface area contributed by atoms with Crippen molar-refractivity contribution in [2.24, 2.45) is 0 Å². The molecule has 0 aliphatic carbocycles. The maximum Gasteiger partial charge on any atom is 0.343 e. The molecule has 0 atom stereocenters. The summed E-state index contributed by atoms with van der Waals surface area (Å²) >= 11 is 1.49. The van der Waals surface area contributed by atoms with Gasteiger partial charge in [-0.05, 0) is 6.92 Å². The van der Waals surface area contributed by atoms with E-state index in [-0.39, 0.29) is 11.4 Å². The summed E-state index contributed by atoms with van der Waals surface area (Å²) in [5.74, 6) is -0.322. The molecule has 0 radical (unpaired) electrons. The van der Waals surface area contributed by atoms with Crippen molar-refractivity contribution in [2.45, 2.75) is 31.2 Å². The third-order valence-electron chi connectivity index (χ3n) is 1.63. The molecule has 0 bridgehead atoms. The van der Waals surface area contributed by atoms with Gasteiger partial charge in [-0.25, -0.2) is 14.8 Å². The smallest absolute Gasteiger partial charge is 0.343 e. The van der Waals surface area contributed by atoms with E-state index in [0.29, 0.717) is 17.0 Å². The highest BCUT2D eigenvalue weighted by molar-refractivity contribution is 7.99. The summed E-state index contributed by atoms with van der Waals surface area (Å²) < 4.78 is 4.82. The number of nitrogen functional groups attached to an aromatic ring is 1. The monoisotopic (exact) mass is 241 g/mol. The number of esters is 1. The number of aromatic nitrogens is 2. The van der Waals surface area contributed by atoms with Gasteiger partial charge in [0.15, 0.2) is 5.16 Å². The number of hydrogen-bond acceptors (Lipinski definition) is 6. The zero-order valence-electron chi connectivity index (χ0n) is 9.56. The van der Waals surface area contributed by atoms with Gasteiger partial charge in [-0.2, -0.15) is 0 Å². The Bertz CT molecular complexity index is 382. The van der Waals surface area contributed by atoms with Crippen LogP contribution in [0.3, 0.4) is 0 Å². The molecule has 1 heterocycles. The van der Waals surface area contributed by atoms with Gasteiger partial charge >= 0.3 is 5.97 Å². The van der Waals surface area contributed by atoms with E-state index in [0.717, 1.165) is 0 Å². The fraction of sp³-hybridized carbons (Fsp3) is 0.500. The lowest BCUT2D eigenvalue weighted by molar-refractivity contribution is 0.0526. The standard InChI is InChI=1S/C10H15N3O2S/c1-4-15-9(14)7-5-12-10(13-8(7)11)16-6(2)3/h5-6H,4H2,1-3H3,(H2,11,12,13). The minimum absolute atomic E-state index is 0.164. The molecule has 0 aliphatic heterocycles. The first-order valence-corrected chi connectivity index (χ1v) is 5.88. The molecule has 5 nitrogen and oxygen atoms in total. The molecule has 2 N–H and O–H groups in total. The van der Waals surface area contributed by atoms with Crippen LogP contribution in [0.15, 0.2) is 11.4 Å². The molecular weight excluding hydrogens is 226 g/mol. The van der Waals surface area contributed by atoms with E-state index in [1.807, 2.05) is 13.8 Å². The number of ether oxygens (including phenoxy) is 1. The van der Waals surface area contributed by atoms with Crippen LogP contribution in [0.25, 0.3) is 0 Å². The SMILES string of the molecule is CCOC(=O)c1cnc(SC(C)C)nc1N. The molecule has 6 heteroatoms. The van der Waals surface area contributed by atoms with Crippen LogP contribution in [0.5, 0.6) is 0 Å². The Morgan fingerprint density at radius 2 is 2.31 bits per heavy atom. The largest absolute Gasteiger partial charge is 0.462 e. The fourth-order valence-electron chi connectivity index (χ4n) is 1.01. The van der Waals surface area contributed by atoms with Gasteiger partial charge in [-0.15, -0.1) is 0 Å². The van der Waals surface area contributed by atoms with Crippen molar-refractivity contribution in [1.29, 1.82) is 0 Å². The summed E-state index contributed by atoms with van der Waals surface area (Å²) in [4.78, 5) is 19.5. The van der Waals surface area contributed by atoms with Gasteiger partial charge in [-0.1, -0.05) is 25.6 Å². The minimum Gasteiger partial charge on any atom is -0.462 e. The van der Waals surface area contributed by atoms with E-state index in [2.05, 4.69) is 9.97 Å². The topological polar surface area (TPSA) is 78.1 Å². The van der Waals surface area contributed by atoms with Crippen molar-refractivity contribution in [2.75, 3.05) is 12.3 Å². The highest BCUT2D eigenvalue weighted by atomic mass is 32.2. The van der Waals surface area contributed by atoms with Gasteiger partial charge < -0.3 is 10.5 Å². The number of anilines is 1. The molecule has 16 heavy (non-hydrogen) atoms. The van der Waals surface area contributed by atoms with Crippen molar-refractivity contribution >= 4 is 23.5 Å². The molecule has 0 saturated heterocycles. The molecule has 0 unspecified atom stereocenters. The molecule has 0 saturated carbocycles. The van der Waals surface area contributed by atoms with Crippen molar-refractivity contribution in [1.82, 2.24) is 9.97 Å². The molecular formula is C10H15N3O2S. The van der Waals surface area contributed by atoms with Crippen LogP contribution in [-0.2, 0) is 4.74 Å². The first kappa shape index (κ1) is 12.8. The first-order valence-electron chi connectivity index (χ1n) is 5.00. The maximum absolute atomic E-state index is 11.4. The first-order chi connectivity index (χ1) is 7.54. The highest BCUT2D eigenvalue weighted by Gasteiger charge is 2.14. The second kappa shape index (κ2) is 5.69. The van der Waals surface area contributed by atoms with E-state index >= 15 is 0 Å². The van der Waals surface area contributed by atoms with Crippen molar-refractivity contribution < 1.29 is 9.53 Å². The third-order valence-corrected chi connectivity index (χ3v) is 2.51. The van der Waals surface area contributed by atoms with Crippen molar-refractivity contribution in [3.05, 3.63) is 11.8 Å². The van der Waals surface area contributed by atoms with E-state index < -0.39 is 5.97 Å². The Balaban J connectivity index is 2.87. The number of thioether (sulfide) groups is 1. The molecule has 0 spiro atoms. The summed E-state index contributed by atoms with van der Waals surface area (Å²) in [5, 5.41) is 0.938. The zero-order valence-corrected chi connectivity index (χ0v) is 10.4. The average Bonchev–Trinajstić information content (AvgIpc) is 2.16. The van der Waals surface area contributed by atoms with Gasteiger partial charge in [0.2, 0.25) is 0 Å². The van der Waals surface area contributed by atoms with Gasteiger partial charge in [0, 0.05) is 11.4 Å². The quantitative estimate of drug-likeness (QED) is 0.491. The number of hydrogen-bond donors (Lipinski definition) is 1. The van der Waals surface area contributed by atoms with Crippen LogP contribution in [0.2, 0.25) is 0 Å². The molecule has 0 aliphatic rings. The normalized spacial score (nSPS) is 10.5.